The van der Waals surface area contributed by atoms with Gasteiger partial charge in [0.05, 0.1) is 12.1 Å². The summed E-state index contributed by atoms with van der Waals surface area (Å²) in [5.74, 6) is 0.149. The Hall–Kier alpha value is -2.43. The highest BCUT2D eigenvalue weighted by atomic mass is 16.5. The van der Waals surface area contributed by atoms with Crippen molar-refractivity contribution >= 4 is 5.97 Å². The maximum Gasteiger partial charge on any atom is 0.309 e. The van der Waals surface area contributed by atoms with Crippen LogP contribution in [0.5, 0.6) is 11.6 Å². The Labute approximate surface area is 110 Å². The average Bonchev–Trinajstić information content (AvgIpc) is 2.39. The third-order valence-electron chi connectivity index (χ3n) is 2.60. The number of rotatable bonds is 5. The third-order valence-corrected chi connectivity index (χ3v) is 2.60. The van der Waals surface area contributed by atoms with Crippen LogP contribution in [0.25, 0.3) is 0 Å². The molecule has 1 aromatic heterocycles. The summed E-state index contributed by atoms with van der Waals surface area (Å²) in [6.45, 7) is 2.04. The fraction of sp³-hybridized carbons (Fsp3) is 0.214. The quantitative estimate of drug-likeness (QED) is 0.891. The lowest BCUT2D eigenvalue weighted by Crippen LogP contribution is -2.03. The standard InChI is InChI=1S/C14H14N2O3/c1-2-10-5-3-4-6-12(10)19-13-7-11(8-14(17)18)15-9-16-13/h3-7,9H,2,8H2,1H3,(H,17,18). The molecule has 5 heteroatoms. The first-order chi connectivity index (χ1) is 9.19. The van der Waals surface area contributed by atoms with Crippen molar-refractivity contribution in [2.45, 2.75) is 19.8 Å². The molecule has 1 heterocycles. The van der Waals surface area contributed by atoms with Crippen molar-refractivity contribution in [3.8, 4) is 11.6 Å². The van der Waals surface area contributed by atoms with E-state index in [1.807, 2.05) is 31.2 Å². The number of aryl methyl sites for hydroxylation is 1. The summed E-state index contributed by atoms with van der Waals surface area (Å²) in [5.41, 5.74) is 1.49. The van der Waals surface area contributed by atoms with Gasteiger partial charge >= 0.3 is 5.97 Å². The van der Waals surface area contributed by atoms with E-state index < -0.39 is 5.97 Å². The second-order valence-electron chi connectivity index (χ2n) is 3.98. The van der Waals surface area contributed by atoms with Gasteiger partial charge in [0.2, 0.25) is 5.88 Å². The minimum absolute atomic E-state index is 0.145. The topological polar surface area (TPSA) is 72.3 Å². The lowest BCUT2D eigenvalue weighted by molar-refractivity contribution is -0.136. The lowest BCUT2D eigenvalue weighted by atomic mass is 10.1. The van der Waals surface area contributed by atoms with Crippen molar-refractivity contribution in [2.24, 2.45) is 0 Å². The Morgan fingerprint density at radius 1 is 1.32 bits per heavy atom. The first kappa shape index (κ1) is 13.0. The van der Waals surface area contributed by atoms with Gasteiger partial charge in [0.15, 0.2) is 0 Å². The molecule has 5 nitrogen and oxygen atoms in total. The van der Waals surface area contributed by atoms with Gasteiger partial charge in [-0.3, -0.25) is 4.79 Å². The second kappa shape index (κ2) is 5.95. The SMILES string of the molecule is CCc1ccccc1Oc1cc(CC(=O)O)ncn1. The summed E-state index contributed by atoms with van der Waals surface area (Å²) >= 11 is 0. The van der Waals surface area contributed by atoms with Gasteiger partial charge in [-0.1, -0.05) is 25.1 Å². The number of hydrogen-bond acceptors (Lipinski definition) is 4. The van der Waals surface area contributed by atoms with E-state index in [9.17, 15) is 4.79 Å². The molecule has 0 amide bonds. The summed E-state index contributed by atoms with van der Waals surface area (Å²) in [7, 11) is 0. The summed E-state index contributed by atoms with van der Waals surface area (Å²) in [6, 6.07) is 9.21. The number of carboxylic acid groups (broad SMARTS) is 1. The van der Waals surface area contributed by atoms with Gasteiger partial charge in [0.1, 0.15) is 12.1 Å². The van der Waals surface area contributed by atoms with Crippen LogP contribution in [0.4, 0.5) is 0 Å². The summed E-state index contributed by atoms with van der Waals surface area (Å²) < 4.78 is 5.68. The van der Waals surface area contributed by atoms with E-state index >= 15 is 0 Å². The Kier molecular flexibility index (Phi) is 4.07. The Bertz CT molecular complexity index is 584. The van der Waals surface area contributed by atoms with Crippen LogP contribution in [0.3, 0.4) is 0 Å². The predicted molar refractivity (Wildman–Crippen MR) is 69.3 cm³/mol. The molecular weight excluding hydrogens is 244 g/mol. The van der Waals surface area contributed by atoms with E-state index in [-0.39, 0.29) is 6.42 Å². The van der Waals surface area contributed by atoms with E-state index in [1.54, 1.807) is 6.07 Å². The van der Waals surface area contributed by atoms with Crippen LogP contribution >= 0.6 is 0 Å². The molecule has 2 rings (SSSR count). The predicted octanol–water partition coefficient (Wildman–Crippen LogP) is 2.46. The summed E-state index contributed by atoms with van der Waals surface area (Å²) in [4.78, 5) is 18.5. The Morgan fingerprint density at radius 3 is 2.84 bits per heavy atom. The van der Waals surface area contributed by atoms with Crippen LogP contribution in [-0.2, 0) is 17.6 Å². The number of nitrogens with zero attached hydrogens (tertiary/aromatic N) is 2. The zero-order valence-corrected chi connectivity index (χ0v) is 10.5. The molecule has 2 aromatic rings. The van der Waals surface area contributed by atoms with E-state index in [0.717, 1.165) is 17.7 Å². The highest BCUT2D eigenvalue weighted by molar-refractivity contribution is 5.69. The number of carbonyl (C=O) groups is 1. The van der Waals surface area contributed by atoms with Crippen molar-refractivity contribution in [1.82, 2.24) is 9.97 Å². The van der Waals surface area contributed by atoms with E-state index in [0.29, 0.717) is 11.6 Å². The third kappa shape index (κ3) is 3.51. The molecule has 0 atom stereocenters. The van der Waals surface area contributed by atoms with Crippen LogP contribution < -0.4 is 4.74 Å². The molecule has 0 unspecified atom stereocenters. The molecule has 1 aromatic carbocycles. The number of hydrogen-bond donors (Lipinski definition) is 1. The average molecular weight is 258 g/mol. The Balaban J connectivity index is 2.21. The molecule has 0 radical (unpaired) electrons. The number of ether oxygens (including phenoxy) is 1. The van der Waals surface area contributed by atoms with Crippen LogP contribution in [0.1, 0.15) is 18.2 Å². The van der Waals surface area contributed by atoms with E-state index in [4.69, 9.17) is 9.84 Å². The molecule has 98 valence electrons. The highest BCUT2D eigenvalue weighted by Crippen LogP contribution is 2.24. The van der Waals surface area contributed by atoms with Crippen molar-refractivity contribution in [3.63, 3.8) is 0 Å². The van der Waals surface area contributed by atoms with Crippen LogP contribution in [0.15, 0.2) is 36.7 Å². The number of para-hydroxylation sites is 1. The zero-order chi connectivity index (χ0) is 13.7. The Morgan fingerprint density at radius 2 is 2.11 bits per heavy atom. The van der Waals surface area contributed by atoms with Crippen LogP contribution in [-0.4, -0.2) is 21.0 Å². The van der Waals surface area contributed by atoms with E-state index in [1.165, 1.54) is 6.33 Å². The molecule has 0 aliphatic rings. The zero-order valence-electron chi connectivity index (χ0n) is 10.5. The number of carboxylic acids is 1. The molecule has 0 spiro atoms. The van der Waals surface area contributed by atoms with Crippen molar-refractivity contribution < 1.29 is 14.6 Å². The van der Waals surface area contributed by atoms with Crippen molar-refractivity contribution in [2.75, 3.05) is 0 Å². The van der Waals surface area contributed by atoms with Gasteiger partial charge in [0, 0.05) is 6.07 Å². The second-order valence-corrected chi connectivity index (χ2v) is 3.98. The maximum atomic E-state index is 10.6. The van der Waals surface area contributed by atoms with Crippen molar-refractivity contribution in [3.05, 3.63) is 47.9 Å². The molecule has 1 N–H and O–H groups in total. The van der Waals surface area contributed by atoms with Gasteiger partial charge in [0.25, 0.3) is 0 Å². The molecule has 0 aliphatic heterocycles. The molecule has 19 heavy (non-hydrogen) atoms. The number of benzene rings is 1. The minimum Gasteiger partial charge on any atom is -0.481 e. The van der Waals surface area contributed by atoms with Crippen molar-refractivity contribution in [1.29, 1.82) is 0 Å². The largest absolute Gasteiger partial charge is 0.481 e. The van der Waals surface area contributed by atoms with Gasteiger partial charge in [-0.05, 0) is 18.1 Å². The maximum absolute atomic E-state index is 10.6. The van der Waals surface area contributed by atoms with Crippen LogP contribution in [0.2, 0.25) is 0 Å². The summed E-state index contributed by atoms with van der Waals surface area (Å²) in [5, 5.41) is 8.73. The van der Waals surface area contributed by atoms with Gasteiger partial charge in [-0.25, -0.2) is 9.97 Å². The monoisotopic (exact) mass is 258 g/mol. The molecule has 0 fully saturated rings. The molecule has 0 aliphatic carbocycles. The molecule has 0 saturated carbocycles. The van der Waals surface area contributed by atoms with Gasteiger partial charge in [-0.2, -0.15) is 0 Å². The number of aliphatic carboxylic acids is 1. The fourth-order valence-electron chi connectivity index (χ4n) is 1.69. The smallest absolute Gasteiger partial charge is 0.309 e. The van der Waals surface area contributed by atoms with E-state index in [2.05, 4.69) is 9.97 Å². The van der Waals surface area contributed by atoms with Gasteiger partial charge in [-0.15, -0.1) is 0 Å². The summed E-state index contributed by atoms with van der Waals surface area (Å²) in [6.07, 6.45) is 2.01. The number of aromatic nitrogens is 2. The highest BCUT2D eigenvalue weighted by Gasteiger charge is 2.07. The van der Waals surface area contributed by atoms with Gasteiger partial charge < -0.3 is 9.84 Å². The minimum atomic E-state index is -0.932. The van der Waals surface area contributed by atoms with Crippen LogP contribution in [0, 0.1) is 0 Å². The molecule has 0 saturated heterocycles. The molecule has 0 bridgehead atoms. The fourth-order valence-corrected chi connectivity index (χ4v) is 1.69. The first-order valence-corrected chi connectivity index (χ1v) is 5.97. The molecular formula is C14H14N2O3. The first-order valence-electron chi connectivity index (χ1n) is 5.97. The lowest BCUT2D eigenvalue weighted by Gasteiger charge is -2.09. The normalized spacial score (nSPS) is 10.2.